The average Bonchev–Trinajstić information content (AvgIpc) is 2.78. The summed E-state index contributed by atoms with van der Waals surface area (Å²) in [6.07, 6.45) is -4.73. The van der Waals surface area contributed by atoms with E-state index in [1.807, 2.05) is 0 Å². The second kappa shape index (κ2) is 9.87. The number of amides is 2. The number of benzene rings is 2. The van der Waals surface area contributed by atoms with E-state index in [1.54, 1.807) is 0 Å². The van der Waals surface area contributed by atoms with Crippen molar-refractivity contribution in [1.82, 2.24) is 9.79 Å². The average molecular weight is 503 g/mol. The van der Waals surface area contributed by atoms with Crippen LogP contribution >= 0.6 is 0 Å². The zero-order chi connectivity index (χ0) is 25.1. The molecule has 0 saturated carbocycles. The zero-order valence-corrected chi connectivity index (χ0v) is 18.2. The first-order chi connectivity index (χ1) is 15.9. The molecule has 0 spiro atoms. The van der Waals surface area contributed by atoms with Gasteiger partial charge in [0.1, 0.15) is 17.6 Å². The Bertz CT molecular complexity index is 1160. The van der Waals surface area contributed by atoms with Crippen LogP contribution in [0.5, 0.6) is 11.5 Å². The van der Waals surface area contributed by atoms with E-state index in [0.29, 0.717) is 0 Å². The number of piperidine rings is 1. The van der Waals surface area contributed by atoms with E-state index in [2.05, 4.69) is 4.74 Å². The molecule has 4 N–H and O–H groups in total. The predicted octanol–water partition coefficient (Wildman–Crippen LogP) is 2.04. The lowest BCUT2D eigenvalue weighted by atomic mass is 10.1. The third-order valence-corrected chi connectivity index (χ3v) is 6.94. The number of halogens is 3. The number of hydrogen-bond donors (Lipinski definition) is 3. The first kappa shape index (κ1) is 25.3. The van der Waals surface area contributed by atoms with Gasteiger partial charge in [-0.1, -0.05) is 6.07 Å². The fourth-order valence-corrected chi connectivity index (χ4v) is 5.16. The second-order valence-electron chi connectivity index (χ2n) is 7.22. The number of hydrogen-bond acceptors (Lipinski definition) is 7. The second-order valence-corrected chi connectivity index (χ2v) is 9.13. The first-order valence-corrected chi connectivity index (χ1v) is 11.3. The van der Waals surface area contributed by atoms with E-state index in [0.717, 1.165) is 28.6 Å². The molecule has 2 aromatic carbocycles. The van der Waals surface area contributed by atoms with Crippen LogP contribution in [0.25, 0.3) is 0 Å². The van der Waals surface area contributed by atoms with E-state index >= 15 is 0 Å². The molecule has 0 aliphatic carbocycles. The van der Waals surface area contributed by atoms with Crippen LogP contribution in [0.4, 0.5) is 13.2 Å². The minimum Gasteiger partial charge on any atom is -0.490 e. The van der Waals surface area contributed by atoms with Gasteiger partial charge in [0.25, 0.3) is 5.91 Å². The van der Waals surface area contributed by atoms with Gasteiger partial charge in [-0.15, -0.1) is 13.2 Å². The molecule has 3 rings (SSSR count). The van der Waals surface area contributed by atoms with Gasteiger partial charge in [-0.05, 0) is 49.2 Å². The number of ether oxygens (including phenoxy) is 2. The van der Waals surface area contributed by atoms with Crippen molar-refractivity contribution in [1.29, 1.82) is 0 Å². The van der Waals surface area contributed by atoms with E-state index in [1.165, 1.54) is 23.7 Å². The smallest absolute Gasteiger partial charge is 0.490 e. The molecule has 0 radical (unpaired) electrons. The Hall–Kier alpha value is -3.36. The van der Waals surface area contributed by atoms with Gasteiger partial charge in [-0.2, -0.15) is 4.31 Å². The molecule has 10 nitrogen and oxygen atoms in total. The summed E-state index contributed by atoms with van der Waals surface area (Å²) in [5, 5.41) is 9.00. The van der Waals surface area contributed by atoms with Crippen molar-refractivity contribution >= 4 is 21.8 Å². The van der Waals surface area contributed by atoms with Crippen molar-refractivity contribution in [2.45, 2.75) is 30.2 Å². The van der Waals surface area contributed by atoms with Gasteiger partial charge in [-0.3, -0.25) is 14.8 Å². The zero-order valence-electron chi connectivity index (χ0n) is 17.4. The molecule has 1 heterocycles. The Morgan fingerprint density at radius 1 is 1.06 bits per heavy atom. The minimum atomic E-state index is -4.81. The fourth-order valence-electron chi connectivity index (χ4n) is 3.48. The topological polar surface area (TPSA) is 148 Å². The number of hydroxylamine groups is 1. The van der Waals surface area contributed by atoms with Crippen LogP contribution in [-0.4, -0.2) is 55.3 Å². The SMILES string of the molecule is NC(=O)c1cccc(S(=O)(=O)N2CCC(Oc3ccc(OC(F)(F)F)cc3)CC2)c1C(=O)NO. The number of carbonyl (C=O) groups is 2. The van der Waals surface area contributed by atoms with Gasteiger partial charge in [0.05, 0.1) is 16.0 Å². The highest BCUT2D eigenvalue weighted by molar-refractivity contribution is 7.89. The summed E-state index contributed by atoms with van der Waals surface area (Å²) in [5.41, 5.74) is 5.62. The van der Waals surface area contributed by atoms with Crippen LogP contribution < -0.4 is 20.7 Å². The Balaban J connectivity index is 1.71. The number of nitrogens with zero attached hydrogens (tertiary/aromatic N) is 1. The predicted molar refractivity (Wildman–Crippen MR) is 110 cm³/mol. The maximum absolute atomic E-state index is 13.2. The third kappa shape index (κ3) is 5.76. The number of nitrogens with two attached hydrogens (primary N) is 1. The molecular formula is C20H20F3N3O7S. The molecule has 0 bridgehead atoms. The van der Waals surface area contributed by atoms with Crippen LogP contribution in [0.15, 0.2) is 47.4 Å². The van der Waals surface area contributed by atoms with Crippen LogP contribution in [0.2, 0.25) is 0 Å². The van der Waals surface area contributed by atoms with Crippen molar-refractivity contribution in [3.05, 3.63) is 53.6 Å². The van der Waals surface area contributed by atoms with Gasteiger partial charge in [0, 0.05) is 13.1 Å². The molecule has 1 fully saturated rings. The molecule has 0 aromatic heterocycles. The highest BCUT2D eigenvalue weighted by atomic mass is 32.2. The molecule has 1 aliphatic rings. The Kier molecular flexibility index (Phi) is 7.33. The normalized spacial score (nSPS) is 15.5. The van der Waals surface area contributed by atoms with Gasteiger partial charge >= 0.3 is 6.36 Å². The quantitative estimate of drug-likeness (QED) is 0.387. The van der Waals surface area contributed by atoms with Gasteiger partial charge in [-0.25, -0.2) is 13.9 Å². The van der Waals surface area contributed by atoms with Crippen LogP contribution in [0.1, 0.15) is 33.6 Å². The third-order valence-electron chi connectivity index (χ3n) is 5.00. The van der Waals surface area contributed by atoms with Crippen molar-refractivity contribution in [2.75, 3.05) is 13.1 Å². The molecule has 0 unspecified atom stereocenters. The molecule has 0 atom stereocenters. The molecule has 184 valence electrons. The van der Waals surface area contributed by atoms with Crippen molar-refractivity contribution in [2.24, 2.45) is 5.73 Å². The lowest BCUT2D eigenvalue weighted by Crippen LogP contribution is -2.42. The fraction of sp³-hybridized carbons (Fsp3) is 0.300. The van der Waals surface area contributed by atoms with E-state index in [4.69, 9.17) is 15.7 Å². The number of rotatable bonds is 7. The molecule has 34 heavy (non-hydrogen) atoms. The van der Waals surface area contributed by atoms with Gasteiger partial charge < -0.3 is 15.2 Å². The van der Waals surface area contributed by atoms with E-state index in [9.17, 15) is 31.2 Å². The molecular weight excluding hydrogens is 483 g/mol. The first-order valence-electron chi connectivity index (χ1n) is 9.82. The summed E-state index contributed by atoms with van der Waals surface area (Å²) in [5.74, 6) is -2.37. The number of alkyl halides is 3. The van der Waals surface area contributed by atoms with Gasteiger partial charge in [0.15, 0.2) is 0 Å². The summed E-state index contributed by atoms with van der Waals surface area (Å²) < 4.78 is 73.8. The molecule has 1 saturated heterocycles. The lowest BCUT2D eigenvalue weighted by Gasteiger charge is -2.32. The largest absolute Gasteiger partial charge is 0.573 e. The monoisotopic (exact) mass is 503 g/mol. The lowest BCUT2D eigenvalue weighted by molar-refractivity contribution is -0.274. The summed E-state index contributed by atoms with van der Waals surface area (Å²) in [6.45, 7) is 0.00645. The maximum atomic E-state index is 13.2. The number of primary amides is 1. The van der Waals surface area contributed by atoms with Crippen LogP contribution in [0.3, 0.4) is 0 Å². The molecule has 1 aliphatic heterocycles. The highest BCUT2D eigenvalue weighted by Gasteiger charge is 2.35. The number of carbonyl (C=O) groups excluding carboxylic acids is 2. The maximum Gasteiger partial charge on any atom is 0.573 e. The summed E-state index contributed by atoms with van der Waals surface area (Å²) >= 11 is 0. The van der Waals surface area contributed by atoms with Crippen molar-refractivity contribution < 1.29 is 45.9 Å². The molecule has 2 aromatic rings. The van der Waals surface area contributed by atoms with Crippen LogP contribution in [-0.2, 0) is 10.0 Å². The number of nitrogens with one attached hydrogen (secondary N) is 1. The molecule has 2 amide bonds. The van der Waals surface area contributed by atoms with E-state index < -0.39 is 50.5 Å². The molecule has 14 heteroatoms. The summed E-state index contributed by atoms with van der Waals surface area (Å²) in [7, 11) is -4.25. The Labute approximate surface area is 192 Å². The van der Waals surface area contributed by atoms with E-state index in [-0.39, 0.29) is 37.2 Å². The Morgan fingerprint density at radius 2 is 1.65 bits per heavy atom. The minimum absolute atomic E-state index is 0.00323. The Morgan fingerprint density at radius 3 is 2.18 bits per heavy atom. The number of sulfonamides is 1. The highest BCUT2D eigenvalue weighted by Crippen LogP contribution is 2.29. The standard InChI is InChI=1S/C20H20F3N3O7S/c21-20(22,23)33-14-6-4-12(5-7-14)32-13-8-10-26(11-9-13)34(30,31)16-3-1-2-15(18(24)27)17(16)19(28)25-29/h1-7,13,29H,8-11H2,(H2,24,27)(H,25,28). The summed E-state index contributed by atoms with van der Waals surface area (Å²) in [4.78, 5) is 23.3. The summed E-state index contributed by atoms with van der Waals surface area (Å²) in [6, 6.07) is 8.35. The van der Waals surface area contributed by atoms with Crippen molar-refractivity contribution in [3.63, 3.8) is 0 Å². The van der Waals surface area contributed by atoms with Crippen molar-refractivity contribution in [3.8, 4) is 11.5 Å². The van der Waals surface area contributed by atoms with Gasteiger partial charge in [0.2, 0.25) is 15.9 Å². The van der Waals surface area contributed by atoms with Crippen LogP contribution in [0, 0.1) is 0 Å².